The van der Waals surface area contributed by atoms with Gasteiger partial charge in [-0.1, -0.05) is 12.1 Å². The summed E-state index contributed by atoms with van der Waals surface area (Å²) in [4.78, 5) is 21.2. The highest BCUT2D eigenvalue weighted by atomic mass is 19.4. The highest BCUT2D eigenvalue weighted by Crippen LogP contribution is 2.42. The molecule has 2 amide bonds. The van der Waals surface area contributed by atoms with E-state index in [-0.39, 0.29) is 5.69 Å². The summed E-state index contributed by atoms with van der Waals surface area (Å²) in [6, 6.07) is 11.7. The first-order valence-electron chi connectivity index (χ1n) is 10.8. The van der Waals surface area contributed by atoms with Crippen LogP contribution in [-0.2, 0) is 6.18 Å². The molecule has 4 N–H and O–H groups in total. The molecule has 6 nitrogen and oxygen atoms in total. The standard InChI is InChI=1S/C25H19F4N5O/c26-16-9-15(25(27,28)29)10-18(11-16)33-24(35)32-17-5-3-13(4-6-17)19-12-21(14-1-2-14)34-20-7-8-31-23(30)22(19)20/h3-12,14H,1-2H2,(H2,30,31)(H2,32,33,35). The number of hydrogen-bond acceptors (Lipinski definition) is 4. The van der Waals surface area contributed by atoms with Crippen LogP contribution in [0.15, 0.2) is 60.8 Å². The van der Waals surface area contributed by atoms with Gasteiger partial charge in [0.05, 0.1) is 16.5 Å². The predicted octanol–water partition coefficient (Wildman–Crippen LogP) is 6.56. The number of anilines is 3. The first-order valence-corrected chi connectivity index (χ1v) is 10.8. The van der Waals surface area contributed by atoms with Crippen molar-refractivity contribution < 1.29 is 22.4 Å². The number of halogens is 4. The van der Waals surface area contributed by atoms with E-state index in [4.69, 9.17) is 10.7 Å². The van der Waals surface area contributed by atoms with Crippen LogP contribution in [0.3, 0.4) is 0 Å². The summed E-state index contributed by atoms with van der Waals surface area (Å²) in [6.07, 6.45) is -0.939. The summed E-state index contributed by atoms with van der Waals surface area (Å²) >= 11 is 0. The van der Waals surface area contributed by atoms with E-state index in [2.05, 4.69) is 15.6 Å². The molecule has 0 radical (unpaired) electrons. The van der Waals surface area contributed by atoms with Crippen LogP contribution in [0.25, 0.3) is 22.0 Å². The van der Waals surface area contributed by atoms with Crippen LogP contribution in [0.5, 0.6) is 0 Å². The van der Waals surface area contributed by atoms with Crippen molar-refractivity contribution in [1.82, 2.24) is 9.97 Å². The van der Waals surface area contributed by atoms with Gasteiger partial charge in [-0.3, -0.25) is 4.98 Å². The predicted molar refractivity (Wildman–Crippen MR) is 125 cm³/mol. The van der Waals surface area contributed by atoms with Gasteiger partial charge < -0.3 is 16.4 Å². The van der Waals surface area contributed by atoms with E-state index >= 15 is 0 Å². The van der Waals surface area contributed by atoms with Crippen LogP contribution in [0, 0.1) is 5.82 Å². The fourth-order valence-electron chi connectivity index (χ4n) is 3.90. The number of fused-ring (bicyclic) bond motifs is 1. The number of benzene rings is 2. The second-order valence-corrected chi connectivity index (χ2v) is 8.34. The lowest BCUT2D eigenvalue weighted by Gasteiger charge is -2.13. The molecule has 1 aliphatic rings. The Hall–Kier alpha value is -4.21. The highest BCUT2D eigenvalue weighted by Gasteiger charge is 2.31. The van der Waals surface area contributed by atoms with E-state index in [1.54, 1.807) is 30.5 Å². The zero-order chi connectivity index (χ0) is 24.7. The Morgan fingerprint density at radius 3 is 2.37 bits per heavy atom. The van der Waals surface area contributed by atoms with E-state index in [1.165, 1.54) is 0 Å². The summed E-state index contributed by atoms with van der Waals surface area (Å²) in [6.45, 7) is 0. The van der Waals surface area contributed by atoms with Crippen molar-refractivity contribution in [2.75, 3.05) is 16.4 Å². The number of nitrogen functional groups attached to an aromatic ring is 1. The van der Waals surface area contributed by atoms with E-state index < -0.39 is 23.6 Å². The number of hydrogen-bond donors (Lipinski definition) is 3. The number of pyridine rings is 2. The summed E-state index contributed by atoms with van der Waals surface area (Å²) in [7, 11) is 0. The Bertz CT molecular complexity index is 1430. The highest BCUT2D eigenvalue weighted by molar-refractivity contribution is 6.02. The lowest BCUT2D eigenvalue weighted by molar-refractivity contribution is -0.137. The van der Waals surface area contributed by atoms with E-state index in [0.29, 0.717) is 29.6 Å². The first-order chi connectivity index (χ1) is 16.7. The quantitative estimate of drug-likeness (QED) is 0.288. The lowest BCUT2D eigenvalue weighted by atomic mass is 9.99. The molecule has 35 heavy (non-hydrogen) atoms. The molecule has 0 aliphatic heterocycles. The van der Waals surface area contributed by atoms with Gasteiger partial charge in [0.25, 0.3) is 0 Å². The average Bonchev–Trinajstić information content (AvgIpc) is 3.64. The number of rotatable bonds is 4. The van der Waals surface area contributed by atoms with Crippen molar-refractivity contribution in [3.63, 3.8) is 0 Å². The number of nitrogens with two attached hydrogens (primary N) is 1. The fraction of sp³-hybridized carbons (Fsp3) is 0.160. The number of carbonyl (C=O) groups excluding carboxylic acids is 1. The largest absolute Gasteiger partial charge is 0.416 e. The van der Waals surface area contributed by atoms with Crippen LogP contribution < -0.4 is 16.4 Å². The Kier molecular flexibility index (Phi) is 5.50. The molecule has 5 rings (SSSR count). The topological polar surface area (TPSA) is 92.9 Å². The van der Waals surface area contributed by atoms with Gasteiger partial charge in [-0.05, 0) is 66.4 Å². The van der Waals surface area contributed by atoms with Gasteiger partial charge in [-0.25, -0.2) is 14.2 Å². The molecule has 0 unspecified atom stereocenters. The van der Waals surface area contributed by atoms with Crippen molar-refractivity contribution >= 4 is 34.1 Å². The molecule has 1 fully saturated rings. The van der Waals surface area contributed by atoms with E-state index in [0.717, 1.165) is 46.6 Å². The van der Waals surface area contributed by atoms with Gasteiger partial charge in [-0.2, -0.15) is 13.2 Å². The molecule has 2 aromatic heterocycles. The number of alkyl halides is 3. The summed E-state index contributed by atoms with van der Waals surface area (Å²) in [5, 5.41) is 5.50. The lowest BCUT2D eigenvalue weighted by Crippen LogP contribution is -2.20. The summed E-state index contributed by atoms with van der Waals surface area (Å²) in [5.41, 5.74) is 8.49. The molecule has 2 heterocycles. The van der Waals surface area contributed by atoms with E-state index in [1.807, 2.05) is 12.1 Å². The summed E-state index contributed by atoms with van der Waals surface area (Å²) in [5.74, 6) is -0.316. The molecule has 10 heteroatoms. The third-order valence-corrected chi connectivity index (χ3v) is 5.70. The van der Waals surface area contributed by atoms with Crippen molar-refractivity contribution in [1.29, 1.82) is 0 Å². The van der Waals surface area contributed by atoms with E-state index in [9.17, 15) is 22.4 Å². The van der Waals surface area contributed by atoms with Crippen LogP contribution >= 0.6 is 0 Å². The molecule has 0 atom stereocenters. The van der Waals surface area contributed by atoms with Gasteiger partial charge >= 0.3 is 12.2 Å². The minimum Gasteiger partial charge on any atom is -0.383 e. The number of nitrogens with zero attached hydrogens (tertiary/aromatic N) is 2. The minimum atomic E-state index is -4.74. The SMILES string of the molecule is Nc1nccc2nc(C3CC3)cc(-c3ccc(NC(=O)Nc4cc(F)cc(C(F)(F)F)c4)cc3)c12. The fourth-order valence-corrected chi connectivity index (χ4v) is 3.90. The molecule has 4 aromatic rings. The number of nitrogens with one attached hydrogen (secondary N) is 2. The van der Waals surface area contributed by atoms with Crippen molar-refractivity contribution in [2.45, 2.75) is 24.9 Å². The molecule has 0 bridgehead atoms. The van der Waals surface area contributed by atoms with Crippen LogP contribution in [0.2, 0.25) is 0 Å². The number of amides is 2. The smallest absolute Gasteiger partial charge is 0.383 e. The van der Waals surface area contributed by atoms with Crippen molar-refractivity contribution in [2.24, 2.45) is 0 Å². The zero-order valence-corrected chi connectivity index (χ0v) is 18.2. The Labute approximate surface area is 197 Å². The third kappa shape index (κ3) is 4.86. The molecule has 2 aromatic carbocycles. The number of aromatic nitrogens is 2. The number of carbonyl (C=O) groups is 1. The second-order valence-electron chi connectivity index (χ2n) is 8.34. The Morgan fingerprint density at radius 1 is 0.971 bits per heavy atom. The minimum absolute atomic E-state index is 0.315. The van der Waals surface area contributed by atoms with Crippen LogP contribution in [-0.4, -0.2) is 16.0 Å². The van der Waals surface area contributed by atoms with Crippen LogP contribution in [0.1, 0.15) is 30.0 Å². The maximum Gasteiger partial charge on any atom is 0.416 e. The zero-order valence-electron chi connectivity index (χ0n) is 18.2. The molecule has 178 valence electrons. The van der Waals surface area contributed by atoms with Crippen molar-refractivity contribution in [3.8, 4) is 11.1 Å². The molecule has 0 spiro atoms. The molecular weight excluding hydrogens is 462 g/mol. The maximum atomic E-state index is 13.6. The molecule has 0 saturated heterocycles. The average molecular weight is 481 g/mol. The molecular formula is C25H19F4N5O. The Balaban J connectivity index is 1.37. The van der Waals surface area contributed by atoms with Gasteiger partial charge in [-0.15, -0.1) is 0 Å². The third-order valence-electron chi connectivity index (χ3n) is 5.70. The van der Waals surface area contributed by atoms with Crippen molar-refractivity contribution in [3.05, 3.63) is 77.9 Å². The van der Waals surface area contributed by atoms with Crippen LogP contribution in [0.4, 0.5) is 39.5 Å². The molecule has 1 saturated carbocycles. The maximum absolute atomic E-state index is 13.6. The van der Waals surface area contributed by atoms with Gasteiger partial charge in [0.2, 0.25) is 0 Å². The monoisotopic (exact) mass is 481 g/mol. The van der Waals surface area contributed by atoms with Gasteiger partial charge in [0.15, 0.2) is 0 Å². The van der Waals surface area contributed by atoms with Gasteiger partial charge in [0.1, 0.15) is 11.6 Å². The van der Waals surface area contributed by atoms with Gasteiger partial charge in [0, 0.05) is 29.2 Å². The number of urea groups is 1. The first kappa shape index (κ1) is 22.6. The molecule has 1 aliphatic carbocycles. The Morgan fingerprint density at radius 2 is 1.69 bits per heavy atom. The normalized spacial score (nSPS) is 13.6. The second kappa shape index (κ2) is 8.53. The summed E-state index contributed by atoms with van der Waals surface area (Å²) < 4.78 is 52.3.